The van der Waals surface area contributed by atoms with Gasteiger partial charge in [0.15, 0.2) is 0 Å². The number of halogens is 1. The number of rotatable bonds is 5. The first-order valence-electron chi connectivity index (χ1n) is 6.92. The van der Waals surface area contributed by atoms with Crippen LogP contribution >= 0.6 is 33.9 Å². The normalized spacial score (nSPS) is 14.9. The summed E-state index contributed by atoms with van der Waals surface area (Å²) >= 11 is 4.20. The van der Waals surface area contributed by atoms with E-state index in [0.717, 1.165) is 31.6 Å². The van der Waals surface area contributed by atoms with Crippen LogP contribution in [0, 0.1) is 2.88 Å². The van der Waals surface area contributed by atoms with Gasteiger partial charge in [-0.1, -0.05) is 12.1 Å². The summed E-state index contributed by atoms with van der Waals surface area (Å²) in [4.78, 5) is 0. The monoisotopic (exact) mass is 399 g/mol. The number of fused-ring (bicyclic) bond motifs is 1. The summed E-state index contributed by atoms with van der Waals surface area (Å²) in [6, 6.07) is 9.36. The van der Waals surface area contributed by atoms with Crippen molar-refractivity contribution in [3.8, 4) is 5.75 Å². The van der Waals surface area contributed by atoms with Crippen LogP contribution in [0.3, 0.4) is 0 Å². The highest BCUT2D eigenvalue weighted by Crippen LogP contribution is 2.28. The van der Waals surface area contributed by atoms with E-state index in [-0.39, 0.29) is 0 Å². The highest BCUT2D eigenvalue weighted by molar-refractivity contribution is 14.1. The summed E-state index contributed by atoms with van der Waals surface area (Å²) in [7, 11) is 2.05. The van der Waals surface area contributed by atoms with Crippen molar-refractivity contribution in [3.63, 3.8) is 0 Å². The van der Waals surface area contributed by atoms with Crippen LogP contribution in [0.1, 0.15) is 29.2 Å². The summed E-state index contributed by atoms with van der Waals surface area (Å²) in [5.41, 5.74) is 4.19. The Balaban J connectivity index is 1.66. The molecule has 0 fully saturated rings. The molecule has 106 valence electrons. The lowest BCUT2D eigenvalue weighted by molar-refractivity contribution is 0.357. The van der Waals surface area contributed by atoms with E-state index in [2.05, 4.69) is 57.6 Å². The van der Waals surface area contributed by atoms with Gasteiger partial charge in [-0.2, -0.15) is 0 Å². The van der Waals surface area contributed by atoms with Gasteiger partial charge in [-0.05, 0) is 76.7 Å². The quantitative estimate of drug-likeness (QED) is 0.762. The minimum atomic E-state index is 0.444. The summed E-state index contributed by atoms with van der Waals surface area (Å²) in [6.07, 6.45) is 3.29. The maximum atomic E-state index is 5.56. The third-order valence-electron chi connectivity index (χ3n) is 3.81. The Kier molecular flexibility index (Phi) is 4.63. The van der Waals surface area contributed by atoms with Crippen LogP contribution in [0.15, 0.2) is 29.6 Å². The van der Waals surface area contributed by atoms with Crippen LogP contribution in [0.5, 0.6) is 5.75 Å². The first kappa shape index (κ1) is 14.4. The molecule has 2 nitrogen and oxygen atoms in total. The van der Waals surface area contributed by atoms with E-state index >= 15 is 0 Å². The van der Waals surface area contributed by atoms with Crippen molar-refractivity contribution in [2.75, 3.05) is 13.7 Å². The molecule has 1 aromatic heterocycles. The highest BCUT2D eigenvalue weighted by Gasteiger charge is 2.14. The lowest BCUT2D eigenvalue weighted by Gasteiger charge is -2.15. The van der Waals surface area contributed by atoms with E-state index in [1.54, 1.807) is 0 Å². The summed E-state index contributed by atoms with van der Waals surface area (Å²) in [5.74, 6) is 1.08. The first-order chi connectivity index (χ1) is 9.76. The first-order valence-corrected chi connectivity index (χ1v) is 8.88. The van der Waals surface area contributed by atoms with Gasteiger partial charge in [-0.25, -0.2) is 0 Å². The molecule has 4 heteroatoms. The molecule has 1 aliphatic heterocycles. The molecule has 1 unspecified atom stereocenters. The Morgan fingerprint density at radius 3 is 3.05 bits per heavy atom. The molecule has 0 radical (unpaired) electrons. The molecule has 1 aromatic carbocycles. The average molecular weight is 399 g/mol. The molecule has 0 bridgehead atoms. The number of benzene rings is 1. The Labute approximate surface area is 137 Å². The zero-order valence-corrected chi connectivity index (χ0v) is 14.5. The Morgan fingerprint density at radius 1 is 1.40 bits per heavy atom. The minimum absolute atomic E-state index is 0.444. The number of nitrogens with one attached hydrogen (secondary N) is 1. The van der Waals surface area contributed by atoms with Crippen LogP contribution < -0.4 is 10.1 Å². The molecular weight excluding hydrogens is 381 g/mol. The van der Waals surface area contributed by atoms with Crippen molar-refractivity contribution in [2.24, 2.45) is 0 Å². The van der Waals surface area contributed by atoms with Crippen molar-refractivity contribution >= 4 is 33.9 Å². The second-order valence-corrected chi connectivity index (χ2v) is 7.91. The molecule has 0 amide bonds. The van der Waals surface area contributed by atoms with Crippen molar-refractivity contribution in [1.29, 1.82) is 0 Å². The van der Waals surface area contributed by atoms with Gasteiger partial charge in [0.25, 0.3) is 0 Å². The van der Waals surface area contributed by atoms with E-state index in [1.807, 2.05) is 18.4 Å². The number of ether oxygens (including phenoxy) is 1. The van der Waals surface area contributed by atoms with Gasteiger partial charge in [-0.15, -0.1) is 11.3 Å². The fourth-order valence-electron chi connectivity index (χ4n) is 2.69. The molecule has 2 aromatic rings. The zero-order valence-electron chi connectivity index (χ0n) is 11.5. The molecule has 1 atom stereocenters. The Hall–Kier alpha value is -0.590. The molecule has 20 heavy (non-hydrogen) atoms. The van der Waals surface area contributed by atoms with Crippen molar-refractivity contribution in [3.05, 3.63) is 49.2 Å². The SMILES string of the molecule is CNC(CCc1ccc2c(c1)CCO2)c1csc(I)c1. The van der Waals surface area contributed by atoms with Gasteiger partial charge in [0.05, 0.1) is 9.49 Å². The summed E-state index contributed by atoms with van der Waals surface area (Å²) in [5, 5.41) is 5.70. The van der Waals surface area contributed by atoms with E-state index in [9.17, 15) is 0 Å². The van der Waals surface area contributed by atoms with E-state index in [1.165, 1.54) is 19.6 Å². The summed E-state index contributed by atoms with van der Waals surface area (Å²) < 4.78 is 6.91. The lowest BCUT2D eigenvalue weighted by Crippen LogP contribution is -2.16. The fraction of sp³-hybridized carbons (Fsp3) is 0.375. The van der Waals surface area contributed by atoms with Crippen LogP contribution in [-0.2, 0) is 12.8 Å². The third-order valence-corrected chi connectivity index (χ3v) is 5.62. The van der Waals surface area contributed by atoms with Gasteiger partial charge >= 0.3 is 0 Å². The molecule has 0 saturated heterocycles. The Bertz CT molecular complexity index is 596. The number of aryl methyl sites for hydroxylation is 1. The number of hydrogen-bond acceptors (Lipinski definition) is 3. The lowest BCUT2D eigenvalue weighted by atomic mass is 9.99. The molecule has 3 rings (SSSR count). The molecule has 0 spiro atoms. The topological polar surface area (TPSA) is 21.3 Å². The van der Waals surface area contributed by atoms with Gasteiger partial charge in [0.1, 0.15) is 5.75 Å². The molecule has 0 saturated carbocycles. The third kappa shape index (κ3) is 3.18. The van der Waals surface area contributed by atoms with Gasteiger partial charge in [0.2, 0.25) is 0 Å². The predicted molar refractivity (Wildman–Crippen MR) is 92.8 cm³/mol. The standard InChI is InChI=1S/C16H18INOS/c1-18-14(13-9-16(17)20-10-13)4-2-11-3-5-15-12(8-11)6-7-19-15/h3,5,8-10,14,18H,2,4,6-7H2,1H3. The smallest absolute Gasteiger partial charge is 0.122 e. The Morgan fingerprint density at radius 2 is 2.30 bits per heavy atom. The van der Waals surface area contributed by atoms with Crippen LogP contribution in [0.2, 0.25) is 0 Å². The average Bonchev–Trinajstić information content (AvgIpc) is 3.08. The van der Waals surface area contributed by atoms with Crippen LogP contribution in [-0.4, -0.2) is 13.7 Å². The molecular formula is C16H18INOS. The molecule has 0 aliphatic carbocycles. The summed E-state index contributed by atoms with van der Waals surface area (Å²) in [6.45, 7) is 0.839. The predicted octanol–water partition coefficient (Wildman–Crippen LogP) is 4.18. The molecule has 1 N–H and O–H groups in total. The second-order valence-electron chi connectivity index (χ2n) is 5.10. The van der Waals surface area contributed by atoms with E-state index < -0.39 is 0 Å². The van der Waals surface area contributed by atoms with Gasteiger partial charge in [-0.3, -0.25) is 0 Å². The maximum Gasteiger partial charge on any atom is 0.122 e. The minimum Gasteiger partial charge on any atom is -0.493 e. The van der Waals surface area contributed by atoms with Gasteiger partial charge in [0, 0.05) is 12.5 Å². The van der Waals surface area contributed by atoms with E-state index in [0.29, 0.717) is 6.04 Å². The maximum absolute atomic E-state index is 5.56. The second kappa shape index (κ2) is 6.45. The number of hydrogen-bond donors (Lipinski definition) is 1. The van der Waals surface area contributed by atoms with Crippen molar-refractivity contribution in [2.45, 2.75) is 25.3 Å². The zero-order chi connectivity index (χ0) is 13.9. The number of thiophene rings is 1. The van der Waals surface area contributed by atoms with Crippen LogP contribution in [0.4, 0.5) is 0 Å². The molecule has 1 aliphatic rings. The van der Waals surface area contributed by atoms with Crippen molar-refractivity contribution < 1.29 is 4.74 Å². The van der Waals surface area contributed by atoms with Crippen molar-refractivity contribution in [1.82, 2.24) is 5.32 Å². The molecule has 2 heterocycles. The van der Waals surface area contributed by atoms with E-state index in [4.69, 9.17) is 4.74 Å². The fourth-order valence-corrected chi connectivity index (χ4v) is 4.12. The highest BCUT2D eigenvalue weighted by atomic mass is 127. The van der Waals surface area contributed by atoms with Gasteiger partial charge < -0.3 is 10.1 Å². The van der Waals surface area contributed by atoms with Crippen LogP contribution in [0.25, 0.3) is 0 Å². The largest absolute Gasteiger partial charge is 0.493 e.